The molecule has 1 aliphatic carbocycles. The molecule has 0 saturated heterocycles. The van der Waals surface area contributed by atoms with Gasteiger partial charge in [-0.2, -0.15) is 0 Å². The first kappa shape index (κ1) is 12.0. The summed E-state index contributed by atoms with van der Waals surface area (Å²) in [6.07, 6.45) is 0.615. The van der Waals surface area contributed by atoms with Crippen LogP contribution in [0.1, 0.15) is 23.7 Å². The average Bonchev–Trinajstić information content (AvgIpc) is 3.04. The van der Waals surface area contributed by atoms with E-state index in [0.717, 1.165) is 0 Å². The van der Waals surface area contributed by atoms with Crippen LogP contribution >= 0.6 is 0 Å². The van der Waals surface area contributed by atoms with Crippen LogP contribution in [0.25, 0.3) is 11.3 Å². The molecule has 0 radical (unpaired) electrons. The van der Waals surface area contributed by atoms with Crippen LogP contribution in [0.3, 0.4) is 0 Å². The normalized spacial score (nSPS) is 21.4. The van der Waals surface area contributed by atoms with Crippen molar-refractivity contribution in [3.8, 4) is 11.3 Å². The molecule has 1 fully saturated rings. The summed E-state index contributed by atoms with van der Waals surface area (Å²) in [7, 11) is 0. The summed E-state index contributed by atoms with van der Waals surface area (Å²) in [6.45, 7) is 1.70. The minimum Gasteiger partial charge on any atom is -0.481 e. The van der Waals surface area contributed by atoms with Gasteiger partial charge in [-0.1, -0.05) is 12.1 Å². The maximum Gasteiger partial charge on any atom is 0.307 e. The van der Waals surface area contributed by atoms with E-state index in [2.05, 4.69) is 0 Å². The highest BCUT2D eigenvalue weighted by Gasteiger charge is 2.46. The summed E-state index contributed by atoms with van der Waals surface area (Å²) in [5.41, 5.74) is 1.24. The molecule has 0 unspecified atom stereocenters. The van der Waals surface area contributed by atoms with Crippen molar-refractivity contribution in [3.05, 3.63) is 47.5 Å². The minimum atomic E-state index is -0.787. The van der Waals surface area contributed by atoms with Crippen LogP contribution < -0.4 is 0 Å². The third kappa shape index (κ3) is 2.03. The molecule has 2 aromatic rings. The molecule has 0 amide bonds. The molecule has 4 heteroatoms. The summed E-state index contributed by atoms with van der Waals surface area (Å²) in [4.78, 5) is 10.8. The first-order valence-corrected chi connectivity index (χ1v) is 6.16. The van der Waals surface area contributed by atoms with E-state index in [1.54, 1.807) is 31.2 Å². The van der Waals surface area contributed by atoms with E-state index in [0.29, 0.717) is 29.1 Å². The minimum absolute atomic E-state index is 0.0416. The summed E-state index contributed by atoms with van der Waals surface area (Å²) in [5.74, 6) is -0.183. The van der Waals surface area contributed by atoms with Crippen LogP contribution in [0.15, 0.2) is 34.7 Å². The Kier molecular flexibility index (Phi) is 2.66. The van der Waals surface area contributed by atoms with Crippen LogP contribution in [0.5, 0.6) is 0 Å². The molecular formula is C15H13FO3. The SMILES string of the molecule is Cc1c(F)cccc1-c1ccc([C@H]2C[C@H]2C(=O)O)o1. The second kappa shape index (κ2) is 4.23. The molecule has 0 bridgehead atoms. The Morgan fingerprint density at radius 3 is 2.84 bits per heavy atom. The fourth-order valence-electron chi connectivity index (χ4n) is 2.35. The fourth-order valence-corrected chi connectivity index (χ4v) is 2.35. The highest BCUT2D eigenvalue weighted by molar-refractivity contribution is 5.75. The lowest BCUT2D eigenvalue weighted by Gasteiger charge is -2.03. The van der Waals surface area contributed by atoms with E-state index in [-0.39, 0.29) is 17.7 Å². The number of carbonyl (C=O) groups is 1. The van der Waals surface area contributed by atoms with Crippen LogP contribution in [-0.2, 0) is 4.79 Å². The lowest BCUT2D eigenvalue weighted by Crippen LogP contribution is -1.98. The van der Waals surface area contributed by atoms with Crippen LogP contribution in [0.4, 0.5) is 4.39 Å². The van der Waals surface area contributed by atoms with Gasteiger partial charge in [-0.05, 0) is 37.1 Å². The Bertz CT molecular complexity index is 645. The summed E-state index contributed by atoms with van der Waals surface area (Å²) in [5, 5.41) is 8.90. The zero-order chi connectivity index (χ0) is 13.6. The monoisotopic (exact) mass is 260 g/mol. The topological polar surface area (TPSA) is 50.4 Å². The van der Waals surface area contributed by atoms with Gasteiger partial charge in [-0.25, -0.2) is 4.39 Å². The van der Waals surface area contributed by atoms with E-state index in [1.807, 2.05) is 0 Å². The zero-order valence-electron chi connectivity index (χ0n) is 10.4. The summed E-state index contributed by atoms with van der Waals surface area (Å²) >= 11 is 0. The molecule has 0 aliphatic heterocycles. The quantitative estimate of drug-likeness (QED) is 0.917. The maximum absolute atomic E-state index is 13.5. The lowest BCUT2D eigenvalue weighted by atomic mass is 10.1. The van der Waals surface area contributed by atoms with Gasteiger partial charge in [0.15, 0.2) is 0 Å². The Hall–Kier alpha value is -2.10. The van der Waals surface area contributed by atoms with Crippen LogP contribution in [-0.4, -0.2) is 11.1 Å². The number of carboxylic acid groups (broad SMARTS) is 1. The molecular weight excluding hydrogens is 247 g/mol. The number of halogens is 1. The van der Waals surface area contributed by atoms with E-state index in [9.17, 15) is 9.18 Å². The Balaban J connectivity index is 1.90. The first-order valence-electron chi connectivity index (χ1n) is 6.16. The van der Waals surface area contributed by atoms with Crippen molar-refractivity contribution in [2.75, 3.05) is 0 Å². The van der Waals surface area contributed by atoms with Crippen molar-refractivity contribution in [1.82, 2.24) is 0 Å². The standard InChI is InChI=1S/C15H13FO3/c1-8-9(3-2-4-12(8)16)13-5-6-14(19-13)10-7-11(10)15(17)18/h2-6,10-11H,7H2,1H3,(H,17,18)/t10-,11+/m0/s1. The Morgan fingerprint density at radius 2 is 2.16 bits per heavy atom. The van der Waals surface area contributed by atoms with Crippen molar-refractivity contribution in [3.63, 3.8) is 0 Å². The van der Waals surface area contributed by atoms with Gasteiger partial charge in [0.2, 0.25) is 0 Å². The molecule has 3 nitrogen and oxygen atoms in total. The molecule has 1 N–H and O–H groups in total. The number of rotatable bonds is 3. The van der Waals surface area contributed by atoms with E-state index in [1.165, 1.54) is 6.07 Å². The van der Waals surface area contributed by atoms with Gasteiger partial charge in [0.25, 0.3) is 0 Å². The second-order valence-electron chi connectivity index (χ2n) is 4.90. The van der Waals surface area contributed by atoms with Crippen molar-refractivity contribution >= 4 is 5.97 Å². The molecule has 19 heavy (non-hydrogen) atoms. The molecule has 0 spiro atoms. The number of hydrogen-bond donors (Lipinski definition) is 1. The zero-order valence-corrected chi connectivity index (χ0v) is 10.4. The molecule has 1 saturated carbocycles. The van der Waals surface area contributed by atoms with Gasteiger partial charge in [0.1, 0.15) is 17.3 Å². The maximum atomic E-state index is 13.5. The van der Waals surface area contributed by atoms with E-state index >= 15 is 0 Å². The predicted octanol–water partition coefficient (Wildman–Crippen LogP) is 3.58. The molecule has 1 aromatic carbocycles. The first-order chi connectivity index (χ1) is 9.08. The largest absolute Gasteiger partial charge is 0.481 e. The highest BCUT2D eigenvalue weighted by Crippen LogP contribution is 2.48. The Labute approximate surface area is 109 Å². The average molecular weight is 260 g/mol. The van der Waals surface area contributed by atoms with Gasteiger partial charge in [0, 0.05) is 11.5 Å². The molecule has 1 aromatic heterocycles. The van der Waals surface area contributed by atoms with Crippen LogP contribution in [0, 0.1) is 18.7 Å². The summed E-state index contributed by atoms with van der Waals surface area (Å²) < 4.78 is 19.2. The number of benzene rings is 1. The smallest absolute Gasteiger partial charge is 0.307 e. The molecule has 1 heterocycles. The van der Waals surface area contributed by atoms with Crippen molar-refractivity contribution in [1.29, 1.82) is 0 Å². The van der Waals surface area contributed by atoms with E-state index < -0.39 is 5.97 Å². The van der Waals surface area contributed by atoms with Gasteiger partial charge < -0.3 is 9.52 Å². The highest BCUT2D eigenvalue weighted by atomic mass is 19.1. The number of hydrogen-bond acceptors (Lipinski definition) is 2. The van der Waals surface area contributed by atoms with Gasteiger partial charge >= 0.3 is 5.97 Å². The third-order valence-corrected chi connectivity index (χ3v) is 3.63. The Morgan fingerprint density at radius 1 is 1.37 bits per heavy atom. The van der Waals surface area contributed by atoms with Crippen molar-refractivity contribution in [2.24, 2.45) is 5.92 Å². The molecule has 3 rings (SSSR count). The molecule has 98 valence electrons. The predicted molar refractivity (Wildman–Crippen MR) is 67.3 cm³/mol. The van der Waals surface area contributed by atoms with Gasteiger partial charge in [-0.3, -0.25) is 4.79 Å². The van der Waals surface area contributed by atoms with E-state index in [4.69, 9.17) is 9.52 Å². The fraction of sp³-hybridized carbons (Fsp3) is 0.267. The number of carboxylic acids is 1. The third-order valence-electron chi connectivity index (χ3n) is 3.63. The van der Waals surface area contributed by atoms with Crippen LogP contribution in [0.2, 0.25) is 0 Å². The van der Waals surface area contributed by atoms with Crippen molar-refractivity contribution in [2.45, 2.75) is 19.3 Å². The molecule has 2 atom stereocenters. The summed E-state index contributed by atoms with van der Waals surface area (Å²) in [6, 6.07) is 8.39. The van der Waals surface area contributed by atoms with Crippen molar-refractivity contribution < 1.29 is 18.7 Å². The number of aliphatic carboxylic acids is 1. The lowest BCUT2D eigenvalue weighted by molar-refractivity contribution is -0.138. The number of furan rings is 1. The second-order valence-corrected chi connectivity index (χ2v) is 4.90. The van der Waals surface area contributed by atoms with Gasteiger partial charge in [0.05, 0.1) is 5.92 Å². The molecule has 1 aliphatic rings. The van der Waals surface area contributed by atoms with Gasteiger partial charge in [-0.15, -0.1) is 0 Å².